The number of benzene rings is 1. The van der Waals surface area contributed by atoms with E-state index in [0.29, 0.717) is 44.3 Å². The Labute approximate surface area is 138 Å². The third-order valence-corrected chi connectivity index (χ3v) is 4.16. The number of fused-ring (bicyclic) bond motifs is 1. The number of hydrogen-bond acceptors (Lipinski definition) is 7. The average Bonchev–Trinajstić information content (AvgIpc) is 2.97. The number of β-amino-alcohol motifs (C(OH)–C–C–N with tert-alkyl or cyclic N) is 1. The molecule has 2 heterocycles. The molecule has 3 rings (SSSR count). The molecule has 9 heteroatoms. The van der Waals surface area contributed by atoms with E-state index in [-0.39, 0.29) is 29.5 Å². The van der Waals surface area contributed by atoms with Crippen molar-refractivity contribution >= 4 is 11.6 Å². The lowest BCUT2D eigenvalue weighted by atomic mass is 10.1. The quantitative estimate of drug-likeness (QED) is 0.494. The molecule has 1 aromatic carbocycles. The SMILES string of the molecule is O=C(Cc1cc2c(cc1[N+](=O)[O-])OCCO2)NCC1CNCC1O. The van der Waals surface area contributed by atoms with Gasteiger partial charge < -0.3 is 25.2 Å². The summed E-state index contributed by atoms with van der Waals surface area (Å²) in [6, 6.07) is 2.78. The molecule has 24 heavy (non-hydrogen) atoms. The van der Waals surface area contributed by atoms with Crippen molar-refractivity contribution in [2.75, 3.05) is 32.8 Å². The van der Waals surface area contributed by atoms with Gasteiger partial charge in [-0.25, -0.2) is 0 Å². The third-order valence-electron chi connectivity index (χ3n) is 4.16. The maximum Gasteiger partial charge on any atom is 0.277 e. The second-order valence-corrected chi connectivity index (χ2v) is 5.85. The first-order valence-electron chi connectivity index (χ1n) is 7.77. The summed E-state index contributed by atoms with van der Waals surface area (Å²) in [5.74, 6) is 0.334. The molecule has 130 valence electrons. The number of nitrogens with zero attached hydrogens (tertiary/aromatic N) is 1. The Bertz CT molecular complexity index is 650. The Kier molecular flexibility index (Phi) is 4.81. The van der Waals surface area contributed by atoms with Crippen LogP contribution in [0.3, 0.4) is 0 Å². The van der Waals surface area contributed by atoms with Crippen LogP contribution >= 0.6 is 0 Å². The van der Waals surface area contributed by atoms with Crippen LogP contribution in [0.1, 0.15) is 5.56 Å². The topological polar surface area (TPSA) is 123 Å². The molecule has 9 nitrogen and oxygen atoms in total. The maximum atomic E-state index is 12.1. The number of carbonyl (C=O) groups is 1. The molecule has 0 bridgehead atoms. The van der Waals surface area contributed by atoms with Gasteiger partial charge in [0.1, 0.15) is 13.2 Å². The molecule has 1 fully saturated rings. The number of carbonyl (C=O) groups excluding carboxylic acids is 1. The molecular formula is C15H19N3O6. The van der Waals surface area contributed by atoms with Crippen molar-refractivity contribution in [1.82, 2.24) is 10.6 Å². The van der Waals surface area contributed by atoms with Gasteiger partial charge in [-0.2, -0.15) is 0 Å². The number of nitro groups is 1. The van der Waals surface area contributed by atoms with E-state index >= 15 is 0 Å². The molecule has 3 N–H and O–H groups in total. The van der Waals surface area contributed by atoms with Crippen molar-refractivity contribution < 1.29 is 24.3 Å². The fourth-order valence-corrected chi connectivity index (χ4v) is 2.84. The minimum absolute atomic E-state index is 0.0517. The fraction of sp³-hybridized carbons (Fsp3) is 0.533. The monoisotopic (exact) mass is 337 g/mol. The van der Waals surface area contributed by atoms with E-state index in [1.165, 1.54) is 12.1 Å². The highest BCUT2D eigenvalue weighted by atomic mass is 16.6. The molecule has 0 aliphatic carbocycles. The average molecular weight is 337 g/mol. The van der Waals surface area contributed by atoms with Crippen LogP contribution in [0.15, 0.2) is 12.1 Å². The van der Waals surface area contributed by atoms with Gasteiger partial charge in [0.2, 0.25) is 5.91 Å². The predicted octanol–water partition coefficient (Wildman–Crippen LogP) is -0.395. The fourth-order valence-electron chi connectivity index (χ4n) is 2.84. The van der Waals surface area contributed by atoms with Gasteiger partial charge in [0, 0.05) is 31.1 Å². The molecule has 1 amide bonds. The zero-order valence-electron chi connectivity index (χ0n) is 13.0. The van der Waals surface area contributed by atoms with Crippen LogP contribution in [0, 0.1) is 16.0 Å². The summed E-state index contributed by atoms with van der Waals surface area (Å²) in [4.78, 5) is 22.8. The molecule has 0 radical (unpaired) electrons. The van der Waals surface area contributed by atoms with E-state index < -0.39 is 11.0 Å². The van der Waals surface area contributed by atoms with Crippen LogP contribution in [0.25, 0.3) is 0 Å². The molecule has 1 aromatic rings. The Morgan fingerprint density at radius 3 is 2.67 bits per heavy atom. The van der Waals surface area contributed by atoms with Crippen molar-refractivity contribution in [3.63, 3.8) is 0 Å². The van der Waals surface area contributed by atoms with Crippen molar-refractivity contribution in [2.45, 2.75) is 12.5 Å². The van der Waals surface area contributed by atoms with Crippen LogP contribution in [0.5, 0.6) is 11.5 Å². The molecule has 2 unspecified atom stereocenters. The summed E-state index contributed by atoms with van der Waals surface area (Å²) in [5, 5.41) is 26.7. The molecule has 0 aromatic heterocycles. The van der Waals surface area contributed by atoms with E-state index in [1.54, 1.807) is 0 Å². The number of ether oxygens (including phenoxy) is 2. The van der Waals surface area contributed by atoms with Gasteiger partial charge in [-0.1, -0.05) is 0 Å². The second kappa shape index (κ2) is 7.02. The summed E-state index contributed by atoms with van der Waals surface area (Å²) >= 11 is 0. The van der Waals surface area contributed by atoms with Gasteiger partial charge in [-0.15, -0.1) is 0 Å². The number of aliphatic hydroxyl groups excluding tert-OH is 1. The molecule has 2 aliphatic rings. The largest absolute Gasteiger partial charge is 0.486 e. The van der Waals surface area contributed by atoms with Gasteiger partial charge in [0.05, 0.1) is 23.5 Å². The van der Waals surface area contributed by atoms with Crippen LogP contribution in [0.4, 0.5) is 5.69 Å². The summed E-state index contributed by atoms with van der Waals surface area (Å²) in [5.41, 5.74) is 0.101. The molecule has 1 saturated heterocycles. The summed E-state index contributed by atoms with van der Waals surface area (Å²) < 4.78 is 10.8. The highest BCUT2D eigenvalue weighted by molar-refractivity contribution is 5.80. The minimum atomic E-state index is -0.536. The maximum absolute atomic E-state index is 12.1. The van der Waals surface area contributed by atoms with Gasteiger partial charge >= 0.3 is 0 Å². The van der Waals surface area contributed by atoms with Crippen molar-refractivity contribution in [3.05, 3.63) is 27.8 Å². The zero-order chi connectivity index (χ0) is 17.1. The summed E-state index contributed by atoms with van der Waals surface area (Å²) in [6.07, 6.45) is -0.627. The first-order chi connectivity index (χ1) is 11.5. The van der Waals surface area contributed by atoms with Crippen molar-refractivity contribution in [2.24, 2.45) is 5.92 Å². The standard InChI is InChI=1S/C15H19N3O6/c19-12-8-16-6-10(12)7-17-15(20)4-9-3-13-14(24-2-1-23-13)5-11(9)18(21)22/h3,5,10,12,16,19H,1-2,4,6-8H2,(H,17,20). The van der Waals surface area contributed by atoms with Crippen LogP contribution < -0.4 is 20.1 Å². The first kappa shape index (κ1) is 16.5. The predicted molar refractivity (Wildman–Crippen MR) is 83.2 cm³/mol. The molecular weight excluding hydrogens is 318 g/mol. The third kappa shape index (κ3) is 3.57. The van der Waals surface area contributed by atoms with Crippen LogP contribution in [-0.4, -0.2) is 54.9 Å². The highest BCUT2D eigenvalue weighted by Gasteiger charge is 2.26. The molecule has 0 saturated carbocycles. The van der Waals surface area contributed by atoms with Crippen LogP contribution in [-0.2, 0) is 11.2 Å². The van der Waals surface area contributed by atoms with E-state index in [2.05, 4.69) is 10.6 Å². The van der Waals surface area contributed by atoms with Gasteiger partial charge in [-0.05, 0) is 6.07 Å². The van der Waals surface area contributed by atoms with Gasteiger partial charge in [-0.3, -0.25) is 14.9 Å². The Balaban J connectivity index is 1.68. The molecule has 0 spiro atoms. The van der Waals surface area contributed by atoms with E-state index in [0.717, 1.165) is 0 Å². The van der Waals surface area contributed by atoms with Gasteiger partial charge in [0.15, 0.2) is 11.5 Å². The number of nitro benzene ring substituents is 1. The lowest BCUT2D eigenvalue weighted by Gasteiger charge is -2.19. The Hall–Kier alpha value is -2.39. The van der Waals surface area contributed by atoms with Crippen LogP contribution in [0.2, 0.25) is 0 Å². The van der Waals surface area contributed by atoms with Crippen molar-refractivity contribution in [1.29, 1.82) is 0 Å². The number of aliphatic hydroxyl groups is 1. The Morgan fingerprint density at radius 1 is 1.33 bits per heavy atom. The minimum Gasteiger partial charge on any atom is -0.486 e. The first-order valence-corrected chi connectivity index (χ1v) is 7.77. The zero-order valence-corrected chi connectivity index (χ0v) is 13.0. The number of rotatable bonds is 5. The highest BCUT2D eigenvalue weighted by Crippen LogP contribution is 2.36. The van der Waals surface area contributed by atoms with E-state index in [4.69, 9.17) is 9.47 Å². The van der Waals surface area contributed by atoms with E-state index in [9.17, 15) is 20.0 Å². The lowest BCUT2D eigenvalue weighted by molar-refractivity contribution is -0.385. The normalized spacial score (nSPS) is 22.2. The summed E-state index contributed by atoms with van der Waals surface area (Å²) in [6.45, 7) is 2.16. The second-order valence-electron chi connectivity index (χ2n) is 5.85. The Morgan fingerprint density at radius 2 is 2.04 bits per heavy atom. The van der Waals surface area contributed by atoms with E-state index in [1.807, 2.05) is 0 Å². The molecule has 2 aliphatic heterocycles. The summed E-state index contributed by atoms with van der Waals surface area (Å²) in [7, 11) is 0. The number of hydrogen-bond donors (Lipinski definition) is 3. The lowest BCUT2D eigenvalue weighted by Crippen LogP contribution is -2.35. The number of amides is 1. The molecule has 2 atom stereocenters. The smallest absolute Gasteiger partial charge is 0.277 e. The number of nitrogens with one attached hydrogen (secondary N) is 2. The van der Waals surface area contributed by atoms with Crippen molar-refractivity contribution in [3.8, 4) is 11.5 Å². The van der Waals surface area contributed by atoms with Gasteiger partial charge in [0.25, 0.3) is 5.69 Å².